The Kier molecular flexibility index (Phi) is 5.55. The molecule has 2 amide bonds. The van der Waals surface area contributed by atoms with E-state index in [0.29, 0.717) is 22.4 Å². The molecule has 1 aliphatic rings. The standard InChI is InChI=1S/C28H21NO5/c1-33-25-14-13-18(16-29-26(30)22-11-4-5-12-23(22)27(29)31)15-24(25)28(32)34-17-20-9-6-8-19-7-2-3-10-21(19)20/h2-15H,16-17H2,1H3. The number of ether oxygens (including phenoxy) is 2. The highest BCUT2D eigenvalue weighted by Gasteiger charge is 2.35. The summed E-state index contributed by atoms with van der Waals surface area (Å²) in [5.74, 6) is -0.893. The summed E-state index contributed by atoms with van der Waals surface area (Å²) in [5.41, 5.74) is 2.52. The van der Waals surface area contributed by atoms with Crippen LogP contribution in [-0.4, -0.2) is 29.8 Å². The smallest absolute Gasteiger partial charge is 0.342 e. The van der Waals surface area contributed by atoms with E-state index in [2.05, 4.69) is 0 Å². The zero-order valence-corrected chi connectivity index (χ0v) is 18.5. The van der Waals surface area contributed by atoms with E-state index < -0.39 is 5.97 Å². The largest absolute Gasteiger partial charge is 0.496 e. The van der Waals surface area contributed by atoms with Crippen molar-refractivity contribution in [3.05, 3.63) is 113 Å². The van der Waals surface area contributed by atoms with Crippen LogP contribution < -0.4 is 4.74 Å². The Morgan fingerprint density at radius 1 is 0.824 bits per heavy atom. The quantitative estimate of drug-likeness (QED) is 0.305. The third-order valence-electron chi connectivity index (χ3n) is 5.94. The summed E-state index contributed by atoms with van der Waals surface area (Å²) < 4.78 is 11.0. The van der Waals surface area contributed by atoms with E-state index in [1.165, 1.54) is 12.0 Å². The highest BCUT2D eigenvalue weighted by atomic mass is 16.5. The number of carbonyl (C=O) groups is 3. The topological polar surface area (TPSA) is 72.9 Å². The molecule has 0 aromatic heterocycles. The Labute approximate surface area is 196 Å². The van der Waals surface area contributed by atoms with Crippen LogP contribution in [0.3, 0.4) is 0 Å². The van der Waals surface area contributed by atoms with Gasteiger partial charge >= 0.3 is 5.97 Å². The third-order valence-corrected chi connectivity index (χ3v) is 5.94. The molecule has 0 saturated heterocycles. The van der Waals surface area contributed by atoms with Gasteiger partial charge in [-0.25, -0.2) is 4.79 Å². The van der Waals surface area contributed by atoms with Crippen LogP contribution in [0.4, 0.5) is 0 Å². The molecule has 4 aromatic carbocycles. The molecule has 0 saturated carbocycles. The molecule has 0 spiro atoms. The number of nitrogens with zero attached hydrogens (tertiary/aromatic N) is 1. The first-order valence-corrected chi connectivity index (χ1v) is 10.8. The lowest BCUT2D eigenvalue weighted by Crippen LogP contribution is -2.29. The molecule has 0 atom stereocenters. The molecule has 34 heavy (non-hydrogen) atoms. The van der Waals surface area contributed by atoms with Crippen LogP contribution >= 0.6 is 0 Å². The molecule has 0 aliphatic carbocycles. The number of rotatable bonds is 6. The van der Waals surface area contributed by atoms with Crippen molar-refractivity contribution in [3.8, 4) is 5.75 Å². The van der Waals surface area contributed by atoms with Gasteiger partial charge in [0.25, 0.3) is 11.8 Å². The van der Waals surface area contributed by atoms with Gasteiger partial charge in [0.15, 0.2) is 0 Å². The molecular formula is C28H21NO5. The van der Waals surface area contributed by atoms with Crippen molar-refractivity contribution in [2.75, 3.05) is 7.11 Å². The molecule has 0 radical (unpaired) electrons. The van der Waals surface area contributed by atoms with Gasteiger partial charge in [-0.15, -0.1) is 0 Å². The first-order valence-electron chi connectivity index (χ1n) is 10.8. The number of benzene rings is 4. The summed E-state index contributed by atoms with van der Waals surface area (Å²) in [6.07, 6.45) is 0. The molecule has 168 valence electrons. The molecule has 6 heteroatoms. The Balaban J connectivity index is 1.36. The van der Waals surface area contributed by atoms with Crippen molar-refractivity contribution >= 4 is 28.6 Å². The minimum Gasteiger partial charge on any atom is -0.496 e. The van der Waals surface area contributed by atoms with E-state index >= 15 is 0 Å². The van der Waals surface area contributed by atoms with Crippen LogP contribution in [-0.2, 0) is 17.9 Å². The van der Waals surface area contributed by atoms with Gasteiger partial charge in [-0.2, -0.15) is 0 Å². The summed E-state index contributed by atoms with van der Waals surface area (Å²) in [4.78, 5) is 39.6. The average molecular weight is 451 g/mol. The number of imide groups is 1. The summed E-state index contributed by atoms with van der Waals surface area (Å²) in [5, 5.41) is 2.08. The fraction of sp³-hybridized carbons (Fsp3) is 0.107. The zero-order valence-electron chi connectivity index (χ0n) is 18.5. The van der Waals surface area contributed by atoms with E-state index in [1.807, 2.05) is 42.5 Å². The lowest BCUT2D eigenvalue weighted by Gasteiger charge is -2.16. The van der Waals surface area contributed by atoms with Gasteiger partial charge in [-0.1, -0.05) is 60.7 Å². The summed E-state index contributed by atoms with van der Waals surface area (Å²) in [7, 11) is 1.47. The molecule has 0 bridgehead atoms. The van der Waals surface area contributed by atoms with Crippen molar-refractivity contribution in [3.63, 3.8) is 0 Å². The molecule has 0 N–H and O–H groups in total. The van der Waals surface area contributed by atoms with Gasteiger partial charge < -0.3 is 9.47 Å². The monoisotopic (exact) mass is 451 g/mol. The fourth-order valence-electron chi connectivity index (χ4n) is 4.22. The predicted octanol–water partition coefficient (Wildman–Crippen LogP) is 5.00. The van der Waals surface area contributed by atoms with Gasteiger partial charge in [0.2, 0.25) is 0 Å². The molecular weight excluding hydrogens is 430 g/mol. The number of carbonyl (C=O) groups excluding carboxylic acids is 3. The van der Waals surface area contributed by atoms with Crippen molar-refractivity contribution in [1.29, 1.82) is 0 Å². The van der Waals surface area contributed by atoms with Gasteiger partial charge in [-0.3, -0.25) is 14.5 Å². The summed E-state index contributed by atoms with van der Waals surface area (Å²) in [6, 6.07) is 25.5. The Morgan fingerprint density at radius 3 is 2.24 bits per heavy atom. The SMILES string of the molecule is COc1ccc(CN2C(=O)c3ccccc3C2=O)cc1C(=O)OCc1cccc2ccccc12. The van der Waals surface area contributed by atoms with Gasteiger partial charge in [0.05, 0.1) is 24.8 Å². The van der Waals surface area contributed by atoms with Crippen LogP contribution in [0.5, 0.6) is 5.75 Å². The first-order chi connectivity index (χ1) is 16.6. The second-order valence-corrected chi connectivity index (χ2v) is 7.99. The van der Waals surface area contributed by atoms with Crippen LogP contribution in [0.25, 0.3) is 10.8 Å². The summed E-state index contributed by atoms with van der Waals surface area (Å²) in [6.45, 7) is 0.145. The Hall–Kier alpha value is -4.45. The van der Waals surface area contributed by atoms with Gasteiger partial charge in [0.1, 0.15) is 17.9 Å². The van der Waals surface area contributed by atoms with Crippen LogP contribution in [0, 0.1) is 0 Å². The molecule has 1 aliphatic heterocycles. The maximum absolute atomic E-state index is 13.0. The van der Waals surface area contributed by atoms with Crippen molar-refractivity contribution < 1.29 is 23.9 Å². The van der Waals surface area contributed by atoms with E-state index in [-0.39, 0.29) is 30.5 Å². The second-order valence-electron chi connectivity index (χ2n) is 7.99. The lowest BCUT2D eigenvalue weighted by atomic mass is 10.1. The van der Waals surface area contributed by atoms with Gasteiger partial charge in [-0.05, 0) is 46.2 Å². The number of methoxy groups -OCH3 is 1. The molecule has 0 fully saturated rings. The minimum absolute atomic E-state index is 0.0416. The lowest BCUT2D eigenvalue weighted by molar-refractivity contribution is 0.0470. The third kappa shape index (κ3) is 3.79. The zero-order chi connectivity index (χ0) is 23.7. The molecule has 4 aromatic rings. The fourth-order valence-corrected chi connectivity index (χ4v) is 4.22. The number of hydrogen-bond acceptors (Lipinski definition) is 5. The van der Waals surface area contributed by atoms with Crippen LogP contribution in [0.2, 0.25) is 0 Å². The Bertz CT molecular complexity index is 1400. The first kappa shape index (κ1) is 21.4. The molecule has 5 rings (SSSR count). The average Bonchev–Trinajstić information content (AvgIpc) is 3.12. The van der Waals surface area contributed by atoms with Crippen molar-refractivity contribution in [2.24, 2.45) is 0 Å². The maximum Gasteiger partial charge on any atom is 0.342 e. The van der Waals surface area contributed by atoms with E-state index in [9.17, 15) is 14.4 Å². The molecule has 6 nitrogen and oxygen atoms in total. The highest BCUT2D eigenvalue weighted by Crippen LogP contribution is 2.27. The van der Waals surface area contributed by atoms with Crippen molar-refractivity contribution in [2.45, 2.75) is 13.2 Å². The van der Waals surface area contributed by atoms with E-state index in [0.717, 1.165) is 16.3 Å². The summed E-state index contributed by atoms with van der Waals surface area (Å²) >= 11 is 0. The van der Waals surface area contributed by atoms with Crippen LogP contribution in [0.1, 0.15) is 42.2 Å². The van der Waals surface area contributed by atoms with Crippen molar-refractivity contribution in [1.82, 2.24) is 4.90 Å². The normalized spacial score (nSPS) is 12.7. The van der Waals surface area contributed by atoms with E-state index in [4.69, 9.17) is 9.47 Å². The number of esters is 1. The Morgan fingerprint density at radius 2 is 1.50 bits per heavy atom. The van der Waals surface area contributed by atoms with E-state index in [1.54, 1.807) is 42.5 Å². The number of fused-ring (bicyclic) bond motifs is 2. The highest BCUT2D eigenvalue weighted by molar-refractivity contribution is 6.21. The number of hydrogen-bond donors (Lipinski definition) is 0. The molecule has 1 heterocycles. The number of amides is 2. The molecule has 0 unspecified atom stereocenters. The second kappa shape index (κ2) is 8.83. The minimum atomic E-state index is -0.547. The van der Waals surface area contributed by atoms with Crippen LogP contribution in [0.15, 0.2) is 84.9 Å². The van der Waals surface area contributed by atoms with Gasteiger partial charge in [0, 0.05) is 0 Å². The maximum atomic E-state index is 13.0. The predicted molar refractivity (Wildman–Crippen MR) is 127 cm³/mol.